The summed E-state index contributed by atoms with van der Waals surface area (Å²) in [5.41, 5.74) is 6.04. The maximum Gasteiger partial charge on any atom is 0.288 e. The van der Waals surface area contributed by atoms with Crippen molar-refractivity contribution in [2.24, 2.45) is 11.7 Å². The van der Waals surface area contributed by atoms with Gasteiger partial charge in [-0.05, 0) is 12.8 Å². The lowest BCUT2D eigenvalue weighted by atomic mass is 9.68. The Kier molecular flexibility index (Phi) is 2.56. The Bertz CT molecular complexity index is 407. The van der Waals surface area contributed by atoms with Crippen molar-refractivity contribution in [2.75, 3.05) is 6.61 Å². The van der Waals surface area contributed by atoms with Gasteiger partial charge < -0.3 is 15.8 Å². The summed E-state index contributed by atoms with van der Waals surface area (Å²) in [6, 6.07) is -0.134. The number of rotatable bonds is 2. The zero-order valence-corrected chi connectivity index (χ0v) is 9.30. The van der Waals surface area contributed by atoms with Gasteiger partial charge in [-0.25, -0.2) is 4.98 Å². The maximum atomic E-state index is 11.8. The first kappa shape index (κ1) is 10.7. The molecule has 0 aromatic carbocycles. The second-order valence-corrected chi connectivity index (χ2v) is 4.55. The van der Waals surface area contributed by atoms with Gasteiger partial charge in [0.1, 0.15) is 6.33 Å². The van der Waals surface area contributed by atoms with Gasteiger partial charge in [-0.1, -0.05) is 0 Å². The van der Waals surface area contributed by atoms with Gasteiger partial charge in [-0.3, -0.25) is 9.89 Å². The lowest BCUT2D eigenvalue weighted by Gasteiger charge is -2.52. The summed E-state index contributed by atoms with van der Waals surface area (Å²) in [6.45, 7) is 0.753. The number of hydrogen-bond acceptors (Lipinski definition) is 5. The molecule has 4 unspecified atom stereocenters. The van der Waals surface area contributed by atoms with E-state index in [9.17, 15) is 4.79 Å². The Morgan fingerprint density at radius 3 is 3.29 bits per heavy atom. The van der Waals surface area contributed by atoms with Gasteiger partial charge in [0.25, 0.3) is 5.91 Å². The van der Waals surface area contributed by atoms with Crippen molar-refractivity contribution in [2.45, 2.75) is 31.0 Å². The van der Waals surface area contributed by atoms with Crippen molar-refractivity contribution in [1.82, 2.24) is 20.5 Å². The summed E-state index contributed by atoms with van der Waals surface area (Å²) in [5.74, 6) is 0.302. The van der Waals surface area contributed by atoms with Crippen molar-refractivity contribution in [1.29, 1.82) is 0 Å². The highest BCUT2D eigenvalue weighted by Gasteiger charge is 2.51. The van der Waals surface area contributed by atoms with Crippen LogP contribution < -0.4 is 11.1 Å². The summed E-state index contributed by atoms with van der Waals surface area (Å²) >= 11 is 0. The highest BCUT2D eigenvalue weighted by Crippen LogP contribution is 2.36. The normalized spacial score (nSPS) is 35.8. The van der Waals surface area contributed by atoms with E-state index in [1.165, 1.54) is 6.33 Å². The Morgan fingerprint density at radius 1 is 1.65 bits per heavy atom. The molecule has 1 aromatic heterocycles. The van der Waals surface area contributed by atoms with Gasteiger partial charge in [-0.2, -0.15) is 5.10 Å². The molecule has 0 bridgehead atoms. The lowest BCUT2D eigenvalue weighted by molar-refractivity contribution is -0.117. The van der Waals surface area contributed by atoms with Crippen LogP contribution in [0.25, 0.3) is 0 Å². The van der Waals surface area contributed by atoms with E-state index in [1.54, 1.807) is 0 Å². The molecule has 1 aromatic rings. The minimum atomic E-state index is -0.282. The van der Waals surface area contributed by atoms with E-state index < -0.39 is 0 Å². The topological polar surface area (TPSA) is 106 Å². The second kappa shape index (κ2) is 4.08. The van der Waals surface area contributed by atoms with Crippen molar-refractivity contribution < 1.29 is 9.53 Å². The number of carbonyl (C=O) groups excluding carboxylic acids is 1. The fourth-order valence-electron chi connectivity index (χ4n) is 2.66. The molecule has 1 saturated carbocycles. The molecule has 1 saturated heterocycles. The molecule has 1 aliphatic heterocycles. The first-order chi connectivity index (χ1) is 8.27. The number of nitrogens with zero attached hydrogens (tertiary/aromatic N) is 2. The van der Waals surface area contributed by atoms with E-state index in [4.69, 9.17) is 10.5 Å². The molecule has 1 amide bonds. The van der Waals surface area contributed by atoms with Crippen LogP contribution in [0.4, 0.5) is 0 Å². The first-order valence-corrected chi connectivity index (χ1v) is 5.81. The number of hydrogen-bond donors (Lipinski definition) is 3. The molecule has 2 aliphatic rings. The number of nitrogens with one attached hydrogen (secondary N) is 2. The molecule has 2 fully saturated rings. The second-order valence-electron chi connectivity index (χ2n) is 4.55. The Hall–Kier alpha value is -1.47. The van der Waals surface area contributed by atoms with E-state index in [-0.39, 0.29) is 29.9 Å². The monoisotopic (exact) mass is 237 g/mol. The summed E-state index contributed by atoms with van der Waals surface area (Å²) in [4.78, 5) is 15.6. The van der Waals surface area contributed by atoms with Gasteiger partial charge in [-0.15, -0.1) is 0 Å². The van der Waals surface area contributed by atoms with Crippen LogP contribution in [-0.2, 0) is 4.74 Å². The number of ether oxygens (including phenoxy) is 1. The average molecular weight is 237 g/mol. The summed E-state index contributed by atoms with van der Waals surface area (Å²) < 4.78 is 5.64. The number of aromatic amines is 1. The number of H-pyrrole nitrogens is 1. The molecule has 2 heterocycles. The predicted octanol–water partition coefficient (Wildman–Crippen LogP) is -0.961. The summed E-state index contributed by atoms with van der Waals surface area (Å²) in [6.07, 6.45) is 3.50. The first-order valence-electron chi connectivity index (χ1n) is 5.81. The third-order valence-corrected chi connectivity index (χ3v) is 3.60. The van der Waals surface area contributed by atoms with Gasteiger partial charge in [0, 0.05) is 18.6 Å². The van der Waals surface area contributed by atoms with E-state index in [0.29, 0.717) is 5.92 Å². The van der Waals surface area contributed by atoms with Crippen LogP contribution in [0, 0.1) is 5.92 Å². The number of aromatic nitrogens is 3. The maximum absolute atomic E-state index is 11.8. The van der Waals surface area contributed by atoms with Crippen molar-refractivity contribution in [3.05, 3.63) is 12.2 Å². The van der Waals surface area contributed by atoms with Gasteiger partial charge in [0.15, 0.2) is 0 Å². The number of fused-ring (bicyclic) bond motifs is 1. The van der Waals surface area contributed by atoms with Crippen LogP contribution in [-0.4, -0.2) is 45.9 Å². The number of nitrogens with two attached hydrogens (primary N) is 1. The van der Waals surface area contributed by atoms with Crippen molar-refractivity contribution >= 4 is 5.91 Å². The van der Waals surface area contributed by atoms with Crippen molar-refractivity contribution in [3.8, 4) is 0 Å². The zero-order valence-electron chi connectivity index (χ0n) is 9.30. The highest BCUT2D eigenvalue weighted by molar-refractivity contribution is 5.90. The minimum Gasteiger partial charge on any atom is -0.376 e. The molecule has 4 N–H and O–H groups in total. The standard InChI is InChI=1S/C10H15N5O2/c11-6-5-2-1-3-17-8(5)7(6)14-10(16)9-12-4-13-15-9/h4-8H,1-3,11H2,(H,14,16)(H,12,13,15). The predicted molar refractivity (Wildman–Crippen MR) is 58.1 cm³/mol. The van der Waals surface area contributed by atoms with Gasteiger partial charge >= 0.3 is 0 Å². The Labute approximate surface area is 98.1 Å². The smallest absolute Gasteiger partial charge is 0.288 e. The third kappa shape index (κ3) is 1.71. The summed E-state index contributed by atoms with van der Waals surface area (Å²) in [7, 11) is 0. The molecule has 0 radical (unpaired) electrons. The largest absolute Gasteiger partial charge is 0.376 e. The molecule has 0 spiro atoms. The molecular weight excluding hydrogens is 222 g/mol. The average Bonchev–Trinajstić information content (AvgIpc) is 2.89. The lowest BCUT2D eigenvalue weighted by Crippen LogP contribution is -2.72. The van der Waals surface area contributed by atoms with Crippen LogP contribution in [0.2, 0.25) is 0 Å². The van der Waals surface area contributed by atoms with Crippen LogP contribution in [0.5, 0.6) is 0 Å². The number of carbonyl (C=O) groups is 1. The molecule has 92 valence electrons. The van der Waals surface area contributed by atoms with Crippen LogP contribution >= 0.6 is 0 Å². The van der Waals surface area contributed by atoms with E-state index in [0.717, 1.165) is 19.4 Å². The molecule has 1 aliphatic carbocycles. The quantitative estimate of drug-likeness (QED) is 0.614. The molecular formula is C10H15N5O2. The SMILES string of the molecule is NC1C2CCCOC2C1NC(=O)c1ncn[nH]1. The fraction of sp³-hybridized carbons (Fsp3) is 0.700. The molecule has 7 nitrogen and oxygen atoms in total. The van der Waals surface area contributed by atoms with E-state index >= 15 is 0 Å². The molecule has 7 heteroatoms. The van der Waals surface area contributed by atoms with Crippen LogP contribution in [0.1, 0.15) is 23.5 Å². The Morgan fingerprint density at radius 2 is 2.53 bits per heavy atom. The van der Waals surface area contributed by atoms with E-state index in [2.05, 4.69) is 20.5 Å². The molecule has 3 rings (SSSR count). The molecule has 4 atom stereocenters. The van der Waals surface area contributed by atoms with Crippen LogP contribution in [0.15, 0.2) is 6.33 Å². The van der Waals surface area contributed by atoms with Crippen molar-refractivity contribution in [3.63, 3.8) is 0 Å². The minimum absolute atomic E-state index is 0.0211. The Balaban J connectivity index is 1.64. The van der Waals surface area contributed by atoms with Crippen LogP contribution in [0.3, 0.4) is 0 Å². The highest BCUT2D eigenvalue weighted by atomic mass is 16.5. The number of amides is 1. The van der Waals surface area contributed by atoms with Gasteiger partial charge in [0.05, 0.1) is 12.1 Å². The van der Waals surface area contributed by atoms with E-state index in [1.807, 2.05) is 0 Å². The molecule has 17 heavy (non-hydrogen) atoms. The van der Waals surface area contributed by atoms with Gasteiger partial charge in [0.2, 0.25) is 5.82 Å². The zero-order chi connectivity index (χ0) is 11.8. The summed E-state index contributed by atoms with van der Waals surface area (Å²) in [5, 5.41) is 9.00. The third-order valence-electron chi connectivity index (χ3n) is 3.60. The fourth-order valence-corrected chi connectivity index (χ4v) is 2.66.